The molecular formula is C16H18N2O5. The maximum absolute atomic E-state index is 10.2. The second-order valence-electron chi connectivity index (χ2n) is 4.77. The second kappa shape index (κ2) is 9.14. The van der Waals surface area contributed by atoms with Gasteiger partial charge in [-0.3, -0.25) is 20.2 Å². The number of aryl methyl sites for hydroxylation is 1. The third-order valence-corrected chi connectivity index (χ3v) is 3.04. The van der Waals surface area contributed by atoms with E-state index < -0.39 is 9.85 Å². The molecule has 1 N–H and O–H groups in total. The fourth-order valence-electron chi connectivity index (χ4n) is 1.81. The van der Waals surface area contributed by atoms with Crippen LogP contribution in [-0.4, -0.2) is 15.0 Å². The lowest BCUT2D eigenvalue weighted by molar-refractivity contribution is -0.394. The van der Waals surface area contributed by atoms with Crippen LogP contribution in [0.2, 0.25) is 0 Å². The normalized spacial score (nSPS) is 9.61. The summed E-state index contributed by atoms with van der Waals surface area (Å²) in [6.07, 6.45) is 3.31. The van der Waals surface area contributed by atoms with Crippen LogP contribution in [0.4, 0.5) is 11.4 Å². The van der Waals surface area contributed by atoms with E-state index in [1.165, 1.54) is 24.6 Å². The van der Waals surface area contributed by atoms with E-state index in [2.05, 4.69) is 6.92 Å². The fraction of sp³-hybridized carbons (Fsp3) is 0.250. The summed E-state index contributed by atoms with van der Waals surface area (Å²) in [5.74, 6) is 0.431. The highest BCUT2D eigenvalue weighted by molar-refractivity contribution is 5.42. The first-order chi connectivity index (χ1) is 11.0. The Morgan fingerprint density at radius 2 is 1.52 bits per heavy atom. The molecule has 2 rings (SSSR count). The zero-order valence-electron chi connectivity index (χ0n) is 12.7. The molecule has 7 nitrogen and oxygen atoms in total. The van der Waals surface area contributed by atoms with E-state index in [-0.39, 0.29) is 11.4 Å². The Hall–Kier alpha value is -2.96. The number of nitro benzene ring substituents is 2. The summed E-state index contributed by atoms with van der Waals surface area (Å²) in [7, 11) is 0. The molecule has 2 aromatic carbocycles. The smallest absolute Gasteiger partial charge is 0.276 e. The number of phenolic OH excluding ortho intramolecular Hbond substituents is 1. The first-order valence-corrected chi connectivity index (χ1v) is 7.11. The van der Waals surface area contributed by atoms with Crippen molar-refractivity contribution in [3.8, 4) is 5.75 Å². The summed E-state index contributed by atoms with van der Waals surface area (Å²) < 4.78 is 0. The van der Waals surface area contributed by atoms with Crippen molar-refractivity contribution in [2.45, 2.75) is 26.2 Å². The Kier molecular flexibility index (Phi) is 7.19. The van der Waals surface area contributed by atoms with Gasteiger partial charge in [-0.2, -0.15) is 0 Å². The molecule has 0 saturated heterocycles. The van der Waals surface area contributed by atoms with Crippen LogP contribution in [-0.2, 0) is 6.42 Å². The van der Waals surface area contributed by atoms with Crippen molar-refractivity contribution in [1.29, 1.82) is 0 Å². The summed E-state index contributed by atoms with van der Waals surface area (Å²) in [5, 5.41) is 29.7. The van der Waals surface area contributed by atoms with Crippen LogP contribution < -0.4 is 0 Å². The first-order valence-electron chi connectivity index (χ1n) is 7.11. The molecule has 0 unspecified atom stereocenters. The standard InChI is InChI=1S/C10H14O.C6H4N2O4/c1-2-3-6-9-7-4-5-8-10(9)11;9-7(10)5-2-1-3-6(4-5)8(11)12/h4-5,7-8,11H,2-3,6H2,1H3;1-4H. The molecule has 0 fully saturated rings. The summed E-state index contributed by atoms with van der Waals surface area (Å²) in [5.41, 5.74) is 0.516. The lowest BCUT2D eigenvalue weighted by Gasteiger charge is -2.01. The van der Waals surface area contributed by atoms with Crippen LogP contribution in [0.15, 0.2) is 48.5 Å². The number of unbranched alkanes of at least 4 members (excludes halogenated alkanes) is 1. The maximum atomic E-state index is 10.2. The molecule has 0 heterocycles. The van der Waals surface area contributed by atoms with Gasteiger partial charge < -0.3 is 5.11 Å². The lowest BCUT2D eigenvalue weighted by Crippen LogP contribution is -1.91. The van der Waals surface area contributed by atoms with Crippen molar-refractivity contribution in [2.24, 2.45) is 0 Å². The Morgan fingerprint density at radius 1 is 0.957 bits per heavy atom. The lowest BCUT2D eigenvalue weighted by atomic mass is 10.1. The van der Waals surface area contributed by atoms with Gasteiger partial charge in [-0.15, -0.1) is 0 Å². The number of hydrogen-bond donors (Lipinski definition) is 1. The van der Waals surface area contributed by atoms with E-state index in [4.69, 9.17) is 0 Å². The van der Waals surface area contributed by atoms with E-state index in [0.29, 0.717) is 5.75 Å². The zero-order valence-corrected chi connectivity index (χ0v) is 12.7. The highest BCUT2D eigenvalue weighted by Crippen LogP contribution is 2.18. The summed E-state index contributed by atoms with van der Waals surface area (Å²) in [6, 6.07) is 12.1. The van der Waals surface area contributed by atoms with Crippen LogP contribution in [0, 0.1) is 20.2 Å². The predicted molar refractivity (Wildman–Crippen MR) is 86.5 cm³/mol. The van der Waals surface area contributed by atoms with E-state index >= 15 is 0 Å². The molecule has 0 atom stereocenters. The third kappa shape index (κ3) is 6.13. The van der Waals surface area contributed by atoms with Gasteiger partial charge in [-0.05, 0) is 30.5 Å². The summed E-state index contributed by atoms with van der Waals surface area (Å²) >= 11 is 0. The van der Waals surface area contributed by atoms with Crippen LogP contribution in [0.3, 0.4) is 0 Å². The number of nitrogens with zero attached hydrogens (tertiary/aromatic N) is 2. The number of hydrogen-bond acceptors (Lipinski definition) is 5. The number of aromatic hydroxyl groups is 1. The van der Waals surface area contributed by atoms with E-state index in [1.807, 2.05) is 18.2 Å². The van der Waals surface area contributed by atoms with E-state index in [9.17, 15) is 25.3 Å². The molecule has 0 aliphatic rings. The zero-order chi connectivity index (χ0) is 17.2. The van der Waals surface area contributed by atoms with Crippen molar-refractivity contribution in [3.05, 3.63) is 74.3 Å². The number of non-ortho nitro benzene ring substituents is 2. The predicted octanol–water partition coefficient (Wildman–Crippen LogP) is 4.24. The molecule has 0 saturated carbocycles. The maximum Gasteiger partial charge on any atom is 0.276 e. The Morgan fingerprint density at radius 3 is 2.00 bits per heavy atom. The van der Waals surface area contributed by atoms with E-state index in [1.54, 1.807) is 6.07 Å². The average Bonchev–Trinajstić information content (AvgIpc) is 2.55. The number of rotatable bonds is 5. The second-order valence-corrected chi connectivity index (χ2v) is 4.77. The van der Waals surface area contributed by atoms with Crippen molar-refractivity contribution >= 4 is 11.4 Å². The molecule has 23 heavy (non-hydrogen) atoms. The van der Waals surface area contributed by atoms with Crippen molar-refractivity contribution in [1.82, 2.24) is 0 Å². The van der Waals surface area contributed by atoms with Crippen LogP contribution in [0.25, 0.3) is 0 Å². The van der Waals surface area contributed by atoms with Gasteiger partial charge in [-0.1, -0.05) is 31.5 Å². The molecular weight excluding hydrogens is 300 g/mol. The van der Waals surface area contributed by atoms with Crippen LogP contribution in [0.5, 0.6) is 5.75 Å². The quantitative estimate of drug-likeness (QED) is 0.655. The molecule has 0 bridgehead atoms. The molecule has 0 spiro atoms. The van der Waals surface area contributed by atoms with E-state index in [0.717, 1.165) is 24.5 Å². The van der Waals surface area contributed by atoms with Crippen LogP contribution >= 0.6 is 0 Å². The topological polar surface area (TPSA) is 107 Å². The molecule has 0 aliphatic heterocycles. The van der Waals surface area contributed by atoms with Gasteiger partial charge in [0.1, 0.15) is 5.75 Å². The highest BCUT2D eigenvalue weighted by Gasteiger charge is 2.11. The van der Waals surface area contributed by atoms with Gasteiger partial charge in [0, 0.05) is 12.1 Å². The largest absolute Gasteiger partial charge is 0.508 e. The molecule has 0 radical (unpaired) electrons. The minimum Gasteiger partial charge on any atom is -0.508 e. The summed E-state index contributed by atoms with van der Waals surface area (Å²) in [6.45, 7) is 2.15. The number of phenols is 1. The van der Waals surface area contributed by atoms with Gasteiger partial charge in [0.25, 0.3) is 11.4 Å². The molecule has 0 aromatic heterocycles. The third-order valence-electron chi connectivity index (χ3n) is 3.04. The van der Waals surface area contributed by atoms with Gasteiger partial charge in [0.2, 0.25) is 0 Å². The molecule has 2 aromatic rings. The Bertz CT molecular complexity index is 644. The van der Waals surface area contributed by atoms with Gasteiger partial charge in [0.05, 0.1) is 15.9 Å². The SMILES string of the molecule is CCCCc1ccccc1O.O=[N+]([O-])c1cccc([N+](=O)[O-])c1. The monoisotopic (exact) mass is 318 g/mol. The van der Waals surface area contributed by atoms with Crippen molar-refractivity contribution in [3.63, 3.8) is 0 Å². The molecule has 0 aliphatic carbocycles. The fourth-order valence-corrected chi connectivity index (χ4v) is 1.81. The number of nitro groups is 2. The highest BCUT2D eigenvalue weighted by atomic mass is 16.6. The minimum absolute atomic E-state index is 0.274. The van der Waals surface area contributed by atoms with Crippen LogP contribution in [0.1, 0.15) is 25.3 Å². The van der Waals surface area contributed by atoms with Crippen molar-refractivity contribution in [2.75, 3.05) is 0 Å². The summed E-state index contributed by atoms with van der Waals surface area (Å²) in [4.78, 5) is 19.0. The first kappa shape index (κ1) is 18.1. The molecule has 122 valence electrons. The average molecular weight is 318 g/mol. The Balaban J connectivity index is 0.000000231. The minimum atomic E-state index is -0.674. The molecule has 0 amide bonds. The molecule has 7 heteroatoms. The number of benzene rings is 2. The van der Waals surface area contributed by atoms with Gasteiger partial charge >= 0.3 is 0 Å². The van der Waals surface area contributed by atoms with Gasteiger partial charge in [-0.25, -0.2) is 0 Å². The Labute approximate surface area is 133 Å². The number of para-hydroxylation sites is 1. The van der Waals surface area contributed by atoms with Crippen molar-refractivity contribution < 1.29 is 15.0 Å². The van der Waals surface area contributed by atoms with Gasteiger partial charge in [0.15, 0.2) is 0 Å².